The summed E-state index contributed by atoms with van der Waals surface area (Å²) in [6.45, 7) is 5.65. The van der Waals surface area contributed by atoms with E-state index in [4.69, 9.17) is 11.6 Å². The SMILES string of the molecule is C[C@H](c1cccnc1CC(F)(F)F)N1CCN(c2cn[nH]c(=O)c2Cl)[C@H](C)C1. The quantitative estimate of drug-likeness (QED) is 0.830. The maximum absolute atomic E-state index is 12.9. The van der Waals surface area contributed by atoms with Gasteiger partial charge in [0.25, 0.3) is 5.56 Å². The number of aromatic nitrogens is 3. The third kappa shape index (κ3) is 4.47. The number of halogens is 4. The number of hydrogen-bond donors (Lipinski definition) is 1. The fourth-order valence-corrected chi connectivity index (χ4v) is 3.83. The van der Waals surface area contributed by atoms with Gasteiger partial charge >= 0.3 is 6.18 Å². The monoisotopic (exact) mass is 415 g/mol. The van der Waals surface area contributed by atoms with Crippen molar-refractivity contribution in [2.45, 2.75) is 38.5 Å². The van der Waals surface area contributed by atoms with Gasteiger partial charge in [0.2, 0.25) is 0 Å². The second kappa shape index (κ2) is 8.08. The van der Waals surface area contributed by atoms with Crippen molar-refractivity contribution in [3.05, 3.63) is 51.2 Å². The Bertz CT molecular complexity index is 888. The molecule has 0 spiro atoms. The van der Waals surface area contributed by atoms with Crippen LogP contribution in [0.25, 0.3) is 0 Å². The van der Waals surface area contributed by atoms with Crippen molar-refractivity contribution in [2.24, 2.45) is 0 Å². The molecule has 1 aliphatic rings. The number of rotatable bonds is 4. The number of alkyl halides is 3. The molecule has 1 fully saturated rings. The standard InChI is InChI=1S/C18H21ClF3N5O/c1-11-10-26(6-7-27(11)15-9-24-25-17(28)16(15)19)12(2)13-4-3-5-23-14(13)8-18(20,21)22/h3-5,9,11-12H,6-8,10H2,1-2H3,(H,25,28)/t11-,12-/m1/s1. The molecular weight excluding hydrogens is 395 g/mol. The summed E-state index contributed by atoms with van der Waals surface area (Å²) in [6, 6.07) is 3.14. The van der Waals surface area contributed by atoms with Crippen LogP contribution < -0.4 is 10.5 Å². The second-order valence-corrected chi connectivity index (χ2v) is 7.32. The summed E-state index contributed by atoms with van der Waals surface area (Å²) in [5, 5.41) is 6.19. The van der Waals surface area contributed by atoms with Crippen molar-refractivity contribution < 1.29 is 13.2 Å². The Hall–Kier alpha value is -2.13. The van der Waals surface area contributed by atoms with Crippen LogP contribution in [0.5, 0.6) is 0 Å². The van der Waals surface area contributed by atoms with E-state index in [9.17, 15) is 18.0 Å². The number of anilines is 1. The molecular formula is C18H21ClF3N5O. The summed E-state index contributed by atoms with van der Waals surface area (Å²) in [7, 11) is 0. The van der Waals surface area contributed by atoms with Gasteiger partial charge < -0.3 is 4.90 Å². The minimum atomic E-state index is -4.31. The lowest BCUT2D eigenvalue weighted by Crippen LogP contribution is -2.53. The molecule has 3 heterocycles. The van der Waals surface area contributed by atoms with Crippen molar-refractivity contribution in [1.82, 2.24) is 20.1 Å². The number of pyridine rings is 1. The van der Waals surface area contributed by atoms with E-state index in [0.717, 1.165) is 0 Å². The molecule has 10 heteroatoms. The Morgan fingerprint density at radius 2 is 2.14 bits per heavy atom. The first-order chi connectivity index (χ1) is 13.2. The van der Waals surface area contributed by atoms with Crippen LogP contribution in [0.4, 0.5) is 18.9 Å². The van der Waals surface area contributed by atoms with Crippen LogP contribution in [0, 0.1) is 0 Å². The molecule has 0 amide bonds. The van der Waals surface area contributed by atoms with Crippen LogP contribution in [-0.2, 0) is 6.42 Å². The fraction of sp³-hybridized carbons (Fsp3) is 0.500. The molecule has 1 N–H and O–H groups in total. The molecule has 2 aromatic rings. The van der Waals surface area contributed by atoms with E-state index in [2.05, 4.69) is 20.1 Å². The van der Waals surface area contributed by atoms with Crippen LogP contribution in [0.1, 0.15) is 31.1 Å². The molecule has 1 aliphatic heterocycles. The van der Waals surface area contributed by atoms with E-state index in [0.29, 0.717) is 30.9 Å². The molecule has 28 heavy (non-hydrogen) atoms. The Morgan fingerprint density at radius 1 is 1.39 bits per heavy atom. The number of H-pyrrole nitrogens is 1. The summed E-state index contributed by atoms with van der Waals surface area (Å²) in [6.07, 6.45) is -2.45. The van der Waals surface area contributed by atoms with E-state index in [-0.39, 0.29) is 22.8 Å². The van der Waals surface area contributed by atoms with E-state index in [1.165, 1.54) is 12.4 Å². The Labute approximate surface area is 165 Å². The van der Waals surface area contributed by atoms with Crippen molar-refractivity contribution in [2.75, 3.05) is 24.5 Å². The first kappa shape index (κ1) is 20.6. The van der Waals surface area contributed by atoms with E-state index < -0.39 is 18.2 Å². The molecule has 0 aromatic carbocycles. The van der Waals surface area contributed by atoms with Gasteiger partial charge in [-0.15, -0.1) is 0 Å². The van der Waals surface area contributed by atoms with Crippen molar-refractivity contribution in [1.29, 1.82) is 0 Å². The molecule has 1 saturated heterocycles. The summed E-state index contributed by atoms with van der Waals surface area (Å²) >= 11 is 6.12. The molecule has 0 saturated carbocycles. The smallest absolute Gasteiger partial charge is 0.364 e. The largest absolute Gasteiger partial charge is 0.394 e. The van der Waals surface area contributed by atoms with Gasteiger partial charge in [0.05, 0.1) is 24.0 Å². The maximum atomic E-state index is 12.9. The number of nitrogens with one attached hydrogen (secondary N) is 1. The third-order valence-corrected chi connectivity index (χ3v) is 5.40. The second-order valence-electron chi connectivity index (χ2n) is 6.94. The van der Waals surface area contributed by atoms with E-state index in [1.54, 1.807) is 12.1 Å². The fourth-order valence-electron chi connectivity index (χ4n) is 3.63. The molecule has 0 radical (unpaired) electrons. The van der Waals surface area contributed by atoms with Gasteiger partial charge in [-0.05, 0) is 25.5 Å². The van der Waals surface area contributed by atoms with Gasteiger partial charge in [-0.3, -0.25) is 14.7 Å². The number of aromatic amines is 1. The lowest BCUT2D eigenvalue weighted by atomic mass is 10.0. The maximum Gasteiger partial charge on any atom is 0.394 e. The number of piperazine rings is 1. The molecule has 0 unspecified atom stereocenters. The molecule has 152 valence electrons. The zero-order valence-electron chi connectivity index (χ0n) is 15.5. The first-order valence-corrected chi connectivity index (χ1v) is 9.29. The Kier molecular flexibility index (Phi) is 5.95. The summed E-state index contributed by atoms with van der Waals surface area (Å²) in [5.74, 6) is 0. The lowest BCUT2D eigenvalue weighted by Gasteiger charge is -2.43. The van der Waals surface area contributed by atoms with Crippen molar-refractivity contribution >= 4 is 17.3 Å². The third-order valence-electron chi connectivity index (χ3n) is 5.04. The zero-order chi connectivity index (χ0) is 20.5. The normalized spacial score (nSPS) is 19.6. The summed E-state index contributed by atoms with van der Waals surface area (Å²) in [4.78, 5) is 19.8. The van der Waals surface area contributed by atoms with Crippen LogP contribution in [-0.4, -0.2) is 51.9 Å². The van der Waals surface area contributed by atoms with Crippen molar-refractivity contribution in [3.63, 3.8) is 0 Å². The molecule has 6 nitrogen and oxygen atoms in total. The van der Waals surface area contributed by atoms with Crippen LogP contribution >= 0.6 is 11.6 Å². The highest BCUT2D eigenvalue weighted by molar-refractivity contribution is 6.33. The summed E-state index contributed by atoms with van der Waals surface area (Å²) < 4.78 is 38.7. The minimum absolute atomic E-state index is 0.0000348. The van der Waals surface area contributed by atoms with Gasteiger partial charge in [0, 0.05) is 37.9 Å². The predicted octanol–water partition coefficient (Wildman–Crippen LogP) is 3.19. The zero-order valence-corrected chi connectivity index (χ0v) is 16.3. The minimum Gasteiger partial charge on any atom is -0.364 e. The van der Waals surface area contributed by atoms with Gasteiger partial charge in [-0.25, -0.2) is 5.10 Å². The topological polar surface area (TPSA) is 65.1 Å². The highest BCUT2D eigenvalue weighted by atomic mass is 35.5. The number of hydrogen-bond acceptors (Lipinski definition) is 5. The van der Waals surface area contributed by atoms with Crippen molar-refractivity contribution in [3.8, 4) is 0 Å². The van der Waals surface area contributed by atoms with Crippen LogP contribution in [0.15, 0.2) is 29.3 Å². The first-order valence-electron chi connectivity index (χ1n) is 8.92. The van der Waals surface area contributed by atoms with Gasteiger partial charge in [-0.1, -0.05) is 17.7 Å². The lowest BCUT2D eigenvalue weighted by molar-refractivity contribution is -0.128. The summed E-state index contributed by atoms with van der Waals surface area (Å²) in [5.41, 5.74) is 0.745. The molecule has 0 bridgehead atoms. The highest BCUT2D eigenvalue weighted by Crippen LogP contribution is 2.31. The van der Waals surface area contributed by atoms with Gasteiger partial charge in [0.1, 0.15) is 5.02 Å². The van der Waals surface area contributed by atoms with Crippen LogP contribution in [0.2, 0.25) is 5.02 Å². The van der Waals surface area contributed by atoms with Gasteiger partial charge in [0.15, 0.2) is 0 Å². The number of nitrogens with zero attached hydrogens (tertiary/aromatic N) is 4. The highest BCUT2D eigenvalue weighted by Gasteiger charge is 2.33. The average molecular weight is 416 g/mol. The predicted molar refractivity (Wildman–Crippen MR) is 101 cm³/mol. The molecule has 0 aliphatic carbocycles. The molecule has 3 rings (SSSR count). The molecule has 2 atom stereocenters. The van der Waals surface area contributed by atoms with Gasteiger partial charge in [-0.2, -0.15) is 18.3 Å². The van der Waals surface area contributed by atoms with E-state index >= 15 is 0 Å². The van der Waals surface area contributed by atoms with E-state index in [1.807, 2.05) is 18.7 Å². The Balaban J connectivity index is 1.77. The average Bonchev–Trinajstić information content (AvgIpc) is 2.63. The van der Waals surface area contributed by atoms with Crippen LogP contribution in [0.3, 0.4) is 0 Å². The molecule has 2 aromatic heterocycles. The Morgan fingerprint density at radius 3 is 2.82 bits per heavy atom.